The SMILES string of the molecule is C1C[C@H]2CNC[C@@H]2C1. The second-order valence-electron chi connectivity index (χ2n) is 3.11. The Kier molecular flexibility index (Phi) is 1.04. The van der Waals surface area contributed by atoms with Gasteiger partial charge in [0.15, 0.2) is 0 Å². The minimum absolute atomic E-state index is 1.06. The zero-order valence-electron chi connectivity index (χ0n) is 5.19. The van der Waals surface area contributed by atoms with Crippen LogP contribution in [0.4, 0.5) is 0 Å². The van der Waals surface area contributed by atoms with Gasteiger partial charge in [-0.15, -0.1) is 0 Å². The van der Waals surface area contributed by atoms with Crippen LogP contribution < -0.4 is 5.32 Å². The predicted octanol–water partition coefficient (Wildman–Crippen LogP) is 1.01. The van der Waals surface area contributed by atoms with Gasteiger partial charge in [0.05, 0.1) is 0 Å². The van der Waals surface area contributed by atoms with Gasteiger partial charge in [-0.2, -0.15) is 0 Å². The lowest BCUT2D eigenvalue weighted by molar-refractivity contribution is 0.494. The summed E-state index contributed by atoms with van der Waals surface area (Å²) in [6, 6.07) is 0. The lowest BCUT2D eigenvalue weighted by Crippen LogP contribution is -2.08. The number of fused-ring (bicyclic) bond motifs is 1. The minimum Gasteiger partial charge on any atom is -0.316 e. The smallest absolute Gasteiger partial charge is 0.00173 e. The number of hydrogen-bond donors (Lipinski definition) is 1. The lowest BCUT2D eigenvalue weighted by atomic mass is 10.0. The summed E-state index contributed by atoms with van der Waals surface area (Å²) in [5, 5.41) is 3.42. The van der Waals surface area contributed by atoms with Gasteiger partial charge in [-0.1, -0.05) is 6.42 Å². The van der Waals surface area contributed by atoms with Crippen LogP contribution in [0, 0.1) is 11.8 Å². The summed E-state index contributed by atoms with van der Waals surface area (Å²) >= 11 is 0. The molecule has 1 aliphatic carbocycles. The number of hydrogen-bond acceptors (Lipinski definition) is 1. The van der Waals surface area contributed by atoms with E-state index in [1.165, 1.54) is 32.4 Å². The fourth-order valence-corrected chi connectivity index (χ4v) is 2.11. The fourth-order valence-electron chi connectivity index (χ4n) is 2.11. The highest BCUT2D eigenvalue weighted by Gasteiger charge is 2.30. The highest BCUT2D eigenvalue weighted by molar-refractivity contribution is 4.85. The molecule has 0 aromatic rings. The molecule has 8 heavy (non-hydrogen) atoms. The molecule has 1 saturated heterocycles. The minimum atomic E-state index is 1.06. The summed E-state index contributed by atoms with van der Waals surface area (Å²) in [4.78, 5) is 0. The topological polar surface area (TPSA) is 12.0 Å². The Hall–Kier alpha value is -0.0400. The summed E-state index contributed by atoms with van der Waals surface area (Å²) in [5.41, 5.74) is 0. The normalized spacial score (nSPS) is 45.0. The third-order valence-corrected chi connectivity index (χ3v) is 2.63. The Labute approximate surface area is 50.5 Å². The molecular weight excluding hydrogens is 98.1 g/mol. The Bertz CT molecular complexity index is 70.4. The molecular formula is C7H13N. The fraction of sp³-hybridized carbons (Fsp3) is 1.00. The molecule has 1 heterocycles. The maximum Gasteiger partial charge on any atom is -0.00173 e. The summed E-state index contributed by atoms with van der Waals surface area (Å²) in [6.07, 6.45) is 4.49. The molecule has 1 heteroatoms. The van der Waals surface area contributed by atoms with E-state index >= 15 is 0 Å². The third kappa shape index (κ3) is 0.576. The van der Waals surface area contributed by atoms with Crippen LogP contribution in [0.25, 0.3) is 0 Å². The molecule has 2 aliphatic rings. The van der Waals surface area contributed by atoms with Gasteiger partial charge < -0.3 is 5.32 Å². The average molecular weight is 111 g/mol. The molecule has 2 fully saturated rings. The first-order chi connectivity index (χ1) is 3.97. The summed E-state index contributed by atoms with van der Waals surface area (Å²) < 4.78 is 0. The Morgan fingerprint density at radius 1 is 1.00 bits per heavy atom. The van der Waals surface area contributed by atoms with Crippen LogP contribution in [-0.2, 0) is 0 Å². The molecule has 1 N–H and O–H groups in total. The van der Waals surface area contributed by atoms with E-state index in [-0.39, 0.29) is 0 Å². The van der Waals surface area contributed by atoms with Gasteiger partial charge in [0.2, 0.25) is 0 Å². The second-order valence-corrected chi connectivity index (χ2v) is 3.11. The molecule has 46 valence electrons. The zero-order valence-corrected chi connectivity index (χ0v) is 5.19. The largest absolute Gasteiger partial charge is 0.316 e. The number of nitrogens with one attached hydrogen (secondary N) is 1. The van der Waals surface area contributed by atoms with Crippen molar-refractivity contribution in [2.75, 3.05) is 13.1 Å². The maximum atomic E-state index is 3.42. The van der Waals surface area contributed by atoms with E-state index in [1.807, 2.05) is 0 Å². The van der Waals surface area contributed by atoms with Crippen molar-refractivity contribution in [3.8, 4) is 0 Å². The van der Waals surface area contributed by atoms with Crippen LogP contribution in [0.15, 0.2) is 0 Å². The van der Waals surface area contributed by atoms with Gasteiger partial charge in [-0.05, 0) is 37.8 Å². The van der Waals surface area contributed by atoms with Crippen molar-refractivity contribution in [3.05, 3.63) is 0 Å². The van der Waals surface area contributed by atoms with Crippen LogP contribution in [0.1, 0.15) is 19.3 Å². The summed E-state index contributed by atoms with van der Waals surface area (Å²) in [6.45, 7) is 2.62. The lowest BCUT2D eigenvalue weighted by Gasteiger charge is -2.02. The maximum absolute atomic E-state index is 3.42. The second kappa shape index (κ2) is 1.73. The van der Waals surface area contributed by atoms with Crippen molar-refractivity contribution in [2.24, 2.45) is 11.8 Å². The number of rotatable bonds is 0. The van der Waals surface area contributed by atoms with Crippen molar-refractivity contribution >= 4 is 0 Å². The van der Waals surface area contributed by atoms with E-state index in [2.05, 4.69) is 5.32 Å². The van der Waals surface area contributed by atoms with E-state index in [4.69, 9.17) is 0 Å². The van der Waals surface area contributed by atoms with Gasteiger partial charge in [0.1, 0.15) is 0 Å². The molecule has 0 aromatic heterocycles. The summed E-state index contributed by atoms with van der Waals surface area (Å²) in [5.74, 6) is 2.13. The van der Waals surface area contributed by atoms with Crippen LogP contribution >= 0.6 is 0 Å². The van der Waals surface area contributed by atoms with Crippen LogP contribution in [-0.4, -0.2) is 13.1 Å². The van der Waals surface area contributed by atoms with E-state index < -0.39 is 0 Å². The first-order valence-corrected chi connectivity index (χ1v) is 3.67. The average Bonchev–Trinajstić information content (AvgIpc) is 2.15. The molecule has 1 nitrogen and oxygen atoms in total. The van der Waals surface area contributed by atoms with E-state index in [0.717, 1.165) is 11.8 Å². The molecule has 1 saturated carbocycles. The van der Waals surface area contributed by atoms with Crippen molar-refractivity contribution in [1.82, 2.24) is 5.32 Å². The Morgan fingerprint density at radius 3 is 2.25 bits per heavy atom. The van der Waals surface area contributed by atoms with Crippen LogP contribution in [0.2, 0.25) is 0 Å². The highest BCUT2D eigenvalue weighted by atomic mass is 14.9. The molecule has 0 amide bonds. The molecule has 0 radical (unpaired) electrons. The van der Waals surface area contributed by atoms with Gasteiger partial charge in [0, 0.05) is 0 Å². The van der Waals surface area contributed by atoms with Gasteiger partial charge in [-0.25, -0.2) is 0 Å². The van der Waals surface area contributed by atoms with Gasteiger partial charge in [0.25, 0.3) is 0 Å². The molecule has 2 atom stereocenters. The van der Waals surface area contributed by atoms with Crippen LogP contribution in [0.5, 0.6) is 0 Å². The summed E-state index contributed by atoms with van der Waals surface area (Å²) in [7, 11) is 0. The Morgan fingerprint density at radius 2 is 1.62 bits per heavy atom. The molecule has 0 bridgehead atoms. The monoisotopic (exact) mass is 111 g/mol. The van der Waals surface area contributed by atoms with Crippen LogP contribution in [0.3, 0.4) is 0 Å². The molecule has 0 aromatic carbocycles. The van der Waals surface area contributed by atoms with Crippen molar-refractivity contribution in [1.29, 1.82) is 0 Å². The van der Waals surface area contributed by atoms with Gasteiger partial charge in [-0.3, -0.25) is 0 Å². The Balaban J connectivity index is 2.04. The van der Waals surface area contributed by atoms with E-state index in [1.54, 1.807) is 0 Å². The quantitative estimate of drug-likeness (QED) is 0.492. The van der Waals surface area contributed by atoms with Crippen molar-refractivity contribution in [3.63, 3.8) is 0 Å². The standard InChI is InChI=1S/C7H13N/c1-2-6-4-8-5-7(6)3-1/h6-8H,1-5H2/t6-,7-/m0/s1. The first kappa shape index (κ1) is 4.80. The zero-order chi connectivity index (χ0) is 5.40. The molecule has 0 unspecified atom stereocenters. The van der Waals surface area contributed by atoms with Gasteiger partial charge >= 0.3 is 0 Å². The van der Waals surface area contributed by atoms with E-state index in [9.17, 15) is 0 Å². The molecule has 1 aliphatic heterocycles. The highest BCUT2D eigenvalue weighted by Crippen LogP contribution is 2.33. The van der Waals surface area contributed by atoms with Crippen molar-refractivity contribution in [2.45, 2.75) is 19.3 Å². The van der Waals surface area contributed by atoms with E-state index in [0.29, 0.717) is 0 Å². The first-order valence-electron chi connectivity index (χ1n) is 3.67. The van der Waals surface area contributed by atoms with Crippen molar-refractivity contribution < 1.29 is 0 Å². The molecule has 0 spiro atoms. The molecule has 2 rings (SSSR count). The predicted molar refractivity (Wildman–Crippen MR) is 33.7 cm³/mol. The third-order valence-electron chi connectivity index (χ3n) is 2.63.